The topological polar surface area (TPSA) is 45.2 Å². The summed E-state index contributed by atoms with van der Waals surface area (Å²) in [5.74, 6) is 0.416. The molecule has 1 N–H and O–H groups in total. The van der Waals surface area contributed by atoms with Crippen LogP contribution in [0.3, 0.4) is 0 Å². The first-order valence-electron chi connectivity index (χ1n) is 9.36. The quantitative estimate of drug-likeness (QED) is 0.640. The van der Waals surface area contributed by atoms with E-state index in [1.165, 1.54) is 0 Å². The molecule has 0 radical (unpaired) electrons. The number of halogens is 1. The molecule has 2 heterocycles. The minimum Gasteiger partial charge on any atom is -0.356 e. The number of carbonyl (C=O) groups excluding carboxylic acids is 1. The number of piperidine rings is 1. The Labute approximate surface area is 168 Å². The zero-order valence-corrected chi connectivity index (χ0v) is 17.6. The molecular weight excluding hydrogens is 410 g/mol. The molecule has 1 aromatic heterocycles. The van der Waals surface area contributed by atoms with Crippen LogP contribution >= 0.6 is 27.3 Å². The van der Waals surface area contributed by atoms with Crippen LogP contribution in [0.4, 0.5) is 0 Å². The molecule has 1 aliphatic rings. The van der Waals surface area contributed by atoms with Gasteiger partial charge < -0.3 is 5.32 Å². The number of unbranched alkanes of at least 4 members (excludes halogenated alkanes) is 1. The van der Waals surface area contributed by atoms with Crippen LogP contribution in [-0.2, 0) is 11.3 Å². The molecule has 26 heavy (non-hydrogen) atoms. The number of aromatic nitrogens is 1. The molecule has 1 amide bonds. The molecule has 0 atom stereocenters. The number of nitrogens with one attached hydrogen (secondary N) is 1. The molecule has 0 bridgehead atoms. The molecule has 1 aliphatic heterocycles. The summed E-state index contributed by atoms with van der Waals surface area (Å²) in [5, 5.41) is 6.29. The zero-order chi connectivity index (χ0) is 18.4. The minimum atomic E-state index is 0.177. The average Bonchev–Trinajstić information content (AvgIpc) is 3.11. The Morgan fingerprint density at radius 2 is 2.19 bits per heavy atom. The van der Waals surface area contributed by atoms with Crippen molar-refractivity contribution < 1.29 is 4.79 Å². The number of hydrogen-bond donors (Lipinski definition) is 1. The van der Waals surface area contributed by atoms with Gasteiger partial charge in [0.05, 0.1) is 5.69 Å². The van der Waals surface area contributed by atoms with Gasteiger partial charge in [0, 0.05) is 34.4 Å². The number of benzene rings is 1. The van der Waals surface area contributed by atoms with E-state index in [4.69, 9.17) is 4.98 Å². The molecule has 6 heteroatoms. The normalized spacial score (nSPS) is 15.9. The average molecular weight is 436 g/mol. The van der Waals surface area contributed by atoms with Crippen molar-refractivity contribution in [2.24, 2.45) is 5.92 Å². The van der Waals surface area contributed by atoms with E-state index in [-0.39, 0.29) is 11.8 Å². The van der Waals surface area contributed by atoms with Gasteiger partial charge >= 0.3 is 0 Å². The fraction of sp³-hybridized carbons (Fsp3) is 0.500. The van der Waals surface area contributed by atoms with E-state index in [1.54, 1.807) is 11.3 Å². The lowest BCUT2D eigenvalue weighted by atomic mass is 9.96. The van der Waals surface area contributed by atoms with E-state index < -0.39 is 0 Å². The summed E-state index contributed by atoms with van der Waals surface area (Å²) in [7, 11) is 0. The fourth-order valence-corrected chi connectivity index (χ4v) is 4.46. The maximum atomic E-state index is 12.2. The largest absolute Gasteiger partial charge is 0.356 e. The third kappa shape index (κ3) is 5.38. The number of likely N-dealkylation sites (tertiary alicyclic amines) is 1. The predicted molar refractivity (Wildman–Crippen MR) is 111 cm³/mol. The van der Waals surface area contributed by atoms with Gasteiger partial charge in [-0.3, -0.25) is 9.69 Å². The van der Waals surface area contributed by atoms with Gasteiger partial charge in [0.15, 0.2) is 0 Å². The van der Waals surface area contributed by atoms with Crippen molar-refractivity contribution in [1.82, 2.24) is 15.2 Å². The van der Waals surface area contributed by atoms with E-state index in [0.717, 1.165) is 72.6 Å². The summed E-state index contributed by atoms with van der Waals surface area (Å²) in [5.41, 5.74) is 2.27. The molecule has 0 spiro atoms. The lowest BCUT2D eigenvalue weighted by molar-refractivity contribution is -0.126. The Morgan fingerprint density at radius 1 is 1.38 bits per heavy atom. The lowest BCUT2D eigenvalue weighted by Crippen LogP contribution is -2.40. The third-order valence-corrected chi connectivity index (χ3v) is 6.23. The summed E-state index contributed by atoms with van der Waals surface area (Å²) in [6, 6.07) is 8.26. The number of nitrogens with zero attached hydrogens (tertiary/aromatic N) is 2. The third-order valence-electron chi connectivity index (χ3n) is 4.80. The van der Waals surface area contributed by atoms with Gasteiger partial charge in [-0.2, -0.15) is 0 Å². The molecular formula is C20H26BrN3OS. The number of hydrogen-bond acceptors (Lipinski definition) is 4. The fourth-order valence-electron chi connectivity index (χ4n) is 3.25. The number of amides is 1. The monoisotopic (exact) mass is 435 g/mol. The molecule has 2 aromatic rings. The molecule has 0 unspecified atom stereocenters. The highest BCUT2D eigenvalue weighted by Crippen LogP contribution is 2.27. The smallest absolute Gasteiger partial charge is 0.223 e. The van der Waals surface area contributed by atoms with Gasteiger partial charge in [-0.05, 0) is 44.5 Å². The predicted octanol–water partition coefficient (Wildman–Crippen LogP) is 4.70. The Kier molecular flexibility index (Phi) is 7.23. The number of carbonyl (C=O) groups is 1. The first-order valence-corrected chi connectivity index (χ1v) is 11.0. The van der Waals surface area contributed by atoms with Crippen molar-refractivity contribution >= 4 is 33.2 Å². The van der Waals surface area contributed by atoms with Crippen molar-refractivity contribution in [1.29, 1.82) is 0 Å². The van der Waals surface area contributed by atoms with E-state index in [0.29, 0.717) is 0 Å². The van der Waals surface area contributed by atoms with Gasteiger partial charge in [-0.25, -0.2) is 4.98 Å². The Balaban J connectivity index is 1.48. The number of rotatable bonds is 7. The van der Waals surface area contributed by atoms with E-state index in [2.05, 4.69) is 50.6 Å². The summed E-state index contributed by atoms with van der Waals surface area (Å²) in [4.78, 5) is 19.4. The van der Waals surface area contributed by atoms with Crippen LogP contribution in [0.15, 0.2) is 34.1 Å². The van der Waals surface area contributed by atoms with Gasteiger partial charge in [0.1, 0.15) is 5.01 Å². The molecule has 0 saturated carbocycles. The number of thiazole rings is 1. The van der Waals surface area contributed by atoms with Crippen molar-refractivity contribution in [2.45, 2.75) is 39.2 Å². The summed E-state index contributed by atoms with van der Waals surface area (Å²) in [6.07, 6.45) is 4.07. The Bertz CT molecular complexity index is 725. The molecule has 3 rings (SSSR count). The summed E-state index contributed by atoms with van der Waals surface area (Å²) < 4.78 is 1.08. The van der Waals surface area contributed by atoms with Crippen LogP contribution in [0, 0.1) is 5.92 Å². The zero-order valence-electron chi connectivity index (χ0n) is 15.2. The lowest BCUT2D eigenvalue weighted by Gasteiger charge is -2.30. The first kappa shape index (κ1) is 19.5. The van der Waals surface area contributed by atoms with Gasteiger partial charge in [0.2, 0.25) is 5.91 Å². The highest BCUT2D eigenvalue weighted by atomic mass is 79.9. The summed E-state index contributed by atoms with van der Waals surface area (Å²) >= 11 is 5.21. The van der Waals surface area contributed by atoms with Crippen molar-refractivity contribution in [3.63, 3.8) is 0 Å². The Hall–Kier alpha value is -1.24. The SMILES string of the molecule is CCCCNC(=O)C1CCN(Cc2csc(-c3cccc(Br)c3)n2)CC1. The highest BCUT2D eigenvalue weighted by molar-refractivity contribution is 9.10. The van der Waals surface area contributed by atoms with Crippen LogP contribution in [0.25, 0.3) is 10.6 Å². The van der Waals surface area contributed by atoms with Crippen molar-refractivity contribution in [3.8, 4) is 10.6 Å². The maximum absolute atomic E-state index is 12.2. The standard InChI is InChI=1S/C20H26BrN3OS/c1-2-3-9-22-19(25)15-7-10-24(11-8-15)13-18-14-26-20(23-18)16-5-4-6-17(21)12-16/h4-6,12,14-15H,2-3,7-11,13H2,1H3,(H,22,25). The van der Waals surface area contributed by atoms with Crippen molar-refractivity contribution in [2.75, 3.05) is 19.6 Å². The first-order chi connectivity index (χ1) is 12.7. The Morgan fingerprint density at radius 3 is 2.92 bits per heavy atom. The maximum Gasteiger partial charge on any atom is 0.223 e. The van der Waals surface area contributed by atoms with E-state index in [1.807, 2.05) is 12.1 Å². The van der Waals surface area contributed by atoms with Crippen LogP contribution in [0.1, 0.15) is 38.3 Å². The van der Waals surface area contributed by atoms with E-state index in [9.17, 15) is 4.79 Å². The van der Waals surface area contributed by atoms with Gasteiger partial charge in [-0.1, -0.05) is 41.4 Å². The highest BCUT2D eigenvalue weighted by Gasteiger charge is 2.25. The summed E-state index contributed by atoms with van der Waals surface area (Å²) in [6.45, 7) is 5.76. The van der Waals surface area contributed by atoms with Gasteiger partial charge in [-0.15, -0.1) is 11.3 Å². The molecule has 1 fully saturated rings. The molecule has 140 valence electrons. The van der Waals surface area contributed by atoms with Crippen LogP contribution in [-0.4, -0.2) is 35.4 Å². The van der Waals surface area contributed by atoms with Gasteiger partial charge in [0.25, 0.3) is 0 Å². The minimum absolute atomic E-state index is 0.177. The van der Waals surface area contributed by atoms with Crippen LogP contribution < -0.4 is 5.32 Å². The second kappa shape index (κ2) is 9.62. The van der Waals surface area contributed by atoms with Crippen LogP contribution in [0.2, 0.25) is 0 Å². The van der Waals surface area contributed by atoms with Crippen LogP contribution in [0.5, 0.6) is 0 Å². The molecule has 1 aromatic carbocycles. The van der Waals surface area contributed by atoms with Crippen molar-refractivity contribution in [3.05, 3.63) is 39.8 Å². The second-order valence-electron chi connectivity index (χ2n) is 6.85. The molecule has 4 nitrogen and oxygen atoms in total. The molecule has 1 saturated heterocycles. The van der Waals surface area contributed by atoms with E-state index >= 15 is 0 Å². The second-order valence-corrected chi connectivity index (χ2v) is 8.62. The molecule has 0 aliphatic carbocycles.